The first-order chi connectivity index (χ1) is 11.1. The van der Waals surface area contributed by atoms with E-state index in [0.29, 0.717) is 28.2 Å². The average Bonchev–Trinajstić information content (AvgIpc) is 2.60. The lowest BCUT2D eigenvalue weighted by molar-refractivity contribution is 0.0894. The molecule has 2 rings (SSSR count). The molecule has 0 heterocycles. The molecule has 2 aromatic rings. The van der Waals surface area contributed by atoms with E-state index < -0.39 is 0 Å². The van der Waals surface area contributed by atoms with Crippen LogP contribution in [0.1, 0.15) is 32.7 Å². The molecule has 23 heavy (non-hydrogen) atoms. The number of aliphatic hydroxyl groups is 1. The first-order valence-corrected chi connectivity index (χ1v) is 7.07. The molecule has 0 spiro atoms. The van der Waals surface area contributed by atoms with Gasteiger partial charge in [-0.25, -0.2) is 0 Å². The molecule has 0 aromatic heterocycles. The van der Waals surface area contributed by atoms with Gasteiger partial charge < -0.3 is 14.6 Å². The van der Waals surface area contributed by atoms with Crippen molar-refractivity contribution in [3.8, 4) is 11.5 Å². The lowest BCUT2D eigenvalue weighted by Gasteiger charge is -2.09. The van der Waals surface area contributed by atoms with E-state index in [2.05, 4.69) is 0 Å². The predicted octanol–water partition coefficient (Wildman–Crippen LogP) is 2.65. The molecular weight excluding hydrogens is 296 g/mol. The molecule has 2 aromatic carbocycles. The van der Waals surface area contributed by atoms with Gasteiger partial charge in [0.05, 0.1) is 27.2 Å². The molecule has 0 aliphatic carbocycles. The van der Waals surface area contributed by atoms with Gasteiger partial charge in [0, 0.05) is 11.1 Å². The third kappa shape index (κ3) is 3.96. The lowest BCUT2D eigenvalue weighted by Crippen LogP contribution is -2.09. The van der Waals surface area contributed by atoms with Crippen molar-refractivity contribution < 1.29 is 24.2 Å². The smallest absolute Gasteiger partial charge is 0.170 e. The number of Topliss-reactive ketones (excluding diaryl/α,β-unsaturated/α-hetero) is 2. The number of rotatable bonds is 7. The summed E-state index contributed by atoms with van der Waals surface area (Å²) >= 11 is 0. The number of aliphatic hydroxyl groups excluding tert-OH is 1. The summed E-state index contributed by atoms with van der Waals surface area (Å²) < 4.78 is 10.3. The number of hydrogen-bond acceptors (Lipinski definition) is 5. The van der Waals surface area contributed by atoms with E-state index in [9.17, 15) is 9.59 Å². The molecule has 0 amide bonds. The highest BCUT2D eigenvalue weighted by Crippen LogP contribution is 2.28. The maximum absolute atomic E-state index is 12.3. The van der Waals surface area contributed by atoms with Crippen LogP contribution in [0.25, 0.3) is 0 Å². The number of carbonyl (C=O) groups is 2. The van der Waals surface area contributed by atoms with Crippen LogP contribution in [0.15, 0.2) is 42.5 Å². The monoisotopic (exact) mass is 314 g/mol. The van der Waals surface area contributed by atoms with E-state index in [1.165, 1.54) is 14.2 Å². The molecule has 5 nitrogen and oxygen atoms in total. The zero-order valence-corrected chi connectivity index (χ0v) is 13.0. The van der Waals surface area contributed by atoms with Crippen molar-refractivity contribution in [3.05, 3.63) is 59.2 Å². The van der Waals surface area contributed by atoms with E-state index in [1.807, 2.05) is 0 Å². The van der Waals surface area contributed by atoms with E-state index in [0.717, 1.165) is 0 Å². The Morgan fingerprint density at radius 3 is 2.17 bits per heavy atom. The number of methoxy groups -OCH3 is 2. The van der Waals surface area contributed by atoms with Gasteiger partial charge in [-0.05, 0) is 29.8 Å². The Kier molecular flexibility index (Phi) is 5.49. The minimum Gasteiger partial charge on any atom is -0.493 e. The van der Waals surface area contributed by atoms with Crippen molar-refractivity contribution in [1.29, 1.82) is 0 Å². The summed E-state index contributed by atoms with van der Waals surface area (Å²) in [6.45, 7) is -0.148. The van der Waals surface area contributed by atoms with Gasteiger partial charge in [-0.2, -0.15) is 0 Å². The van der Waals surface area contributed by atoms with Crippen LogP contribution >= 0.6 is 0 Å². The van der Waals surface area contributed by atoms with E-state index >= 15 is 0 Å². The highest BCUT2D eigenvalue weighted by Gasteiger charge is 2.16. The molecule has 0 aliphatic heterocycles. The van der Waals surface area contributed by atoms with E-state index in [1.54, 1.807) is 42.5 Å². The Morgan fingerprint density at radius 1 is 0.913 bits per heavy atom. The predicted molar refractivity (Wildman–Crippen MR) is 85.2 cm³/mol. The number of ether oxygens (including phenoxy) is 2. The Balaban J connectivity index is 2.16. The molecule has 5 heteroatoms. The maximum Gasteiger partial charge on any atom is 0.170 e. The van der Waals surface area contributed by atoms with Crippen LogP contribution in [-0.4, -0.2) is 30.9 Å². The first kappa shape index (κ1) is 16.7. The van der Waals surface area contributed by atoms with Gasteiger partial charge in [-0.1, -0.05) is 18.2 Å². The highest BCUT2D eigenvalue weighted by molar-refractivity contribution is 6.13. The summed E-state index contributed by atoms with van der Waals surface area (Å²) in [5.41, 5.74) is 1.43. The largest absolute Gasteiger partial charge is 0.493 e. The second kappa shape index (κ2) is 7.56. The third-order valence-electron chi connectivity index (χ3n) is 3.46. The minimum atomic E-state index is -0.301. The van der Waals surface area contributed by atoms with Crippen LogP contribution < -0.4 is 9.47 Å². The summed E-state index contributed by atoms with van der Waals surface area (Å²) in [6, 6.07) is 11.4. The summed E-state index contributed by atoms with van der Waals surface area (Å²) in [5.74, 6) is 0.365. The van der Waals surface area contributed by atoms with Crippen molar-refractivity contribution >= 4 is 11.6 Å². The summed E-state index contributed by atoms with van der Waals surface area (Å²) in [6.07, 6.45) is -0.246. The second-order valence-corrected chi connectivity index (χ2v) is 4.95. The van der Waals surface area contributed by atoms with Crippen LogP contribution in [0.5, 0.6) is 11.5 Å². The Labute approximate surface area is 134 Å². The van der Waals surface area contributed by atoms with Gasteiger partial charge in [0.15, 0.2) is 23.1 Å². The first-order valence-electron chi connectivity index (χ1n) is 7.07. The molecule has 0 bridgehead atoms. The Bertz CT molecular complexity index is 721. The zero-order valence-electron chi connectivity index (χ0n) is 13.0. The zero-order chi connectivity index (χ0) is 16.8. The molecule has 0 atom stereocenters. The summed E-state index contributed by atoms with van der Waals surface area (Å²) in [5, 5.41) is 9.11. The lowest BCUT2D eigenvalue weighted by atomic mass is 10.00. The highest BCUT2D eigenvalue weighted by atomic mass is 16.5. The number of hydrogen-bond donors (Lipinski definition) is 1. The topological polar surface area (TPSA) is 72.8 Å². The van der Waals surface area contributed by atoms with Crippen LogP contribution in [0, 0.1) is 0 Å². The standard InChI is InChI=1S/C18H18O5/c1-22-17-7-6-14(9-18(17)23-2)16(21)10-15(20)13-5-3-4-12(8-13)11-19/h3-9,19H,10-11H2,1-2H3. The molecule has 0 unspecified atom stereocenters. The molecule has 0 saturated carbocycles. The minimum absolute atomic E-state index is 0.148. The second-order valence-electron chi connectivity index (χ2n) is 4.95. The van der Waals surface area contributed by atoms with Crippen molar-refractivity contribution in [2.24, 2.45) is 0 Å². The number of benzene rings is 2. The normalized spacial score (nSPS) is 10.2. The van der Waals surface area contributed by atoms with E-state index in [-0.39, 0.29) is 24.6 Å². The fourth-order valence-electron chi connectivity index (χ4n) is 2.20. The number of carbonyl (C=O) groups excluding carboxylic acids is 2. The van der Waals surface area contributed by atoms with Gasteiger partial charge in [-0.3, -0.25) is 9.59 Å². The fourth-order valence-corrected chi connectivity index (χ4v) is 2.20. The molecule has 120 valence electrons. The van der Waals surface area contributed by atoms with Gasteiger partial charge in [0.25, 0.3) is 0 Å². The Morgan fingerprint density at radius 2 is 1.57 bits per heavy atom. The molecule has 0 aliphatic rings. The van der Waals surface area contributed by atoms with Crippen molar-refractivity contribution in [2.45, 2.75) is 13.0 Å². The van der Waals surface area contributed by atoms with Gasteiger partial charge in [0.1, 0.15) is 0 Å². The molecule has 0 radical (unpaired) electrons. The SMILES string of the molecule is COc1ccc(C(=O)CC(=O)c2cccc(CO)c2)cc1OC. The van der Waals surface area contributed by atoms with Crippen LogP contribution in [0.2, 0.25) is 0 Å². The van der Waals surface area contributed by atoms with Crippen LogP contribution in [0.4, 0.5) is 0 Å². The van der Waals surface area contributed by atoms with Crippen molar-refractivity contribution in [1.82, 2.24) is 0 Å². The van der Waals surface area contributed by atoms with Crippen LogP contribution in [0.3, 0.4) is 0 Å². The van der Waals surface area contributed by atoms with Gasteiger partial charge in [0.2, 0.25) is 0 Å². The molecule has 0 saturated heterocycles. The third-order valence-corrected chi connectivity index (χ3v) is 3.46. The average molecular weight is 314 g/mol. The quantitative estimate of drug-likeness (QED) is 0.628. The molecule has 1 N–H and O–H groups in total. The molecular formula is C18H18O5. The van der Waals surface area contributed by atoms with Gasteiger partial charge in [-0.15, -0.1) is 0 Å². The van der Waals surface area contributed by atoms with Crippen molar-refractivity contribution in [3.63, 3.8) is 0 Å². The number of ketones is 2. The van der Waals surface area contributed by atoms with E-state index in [4.69, 9.17) is 14.6 Å². The van der Waals surface area contributed by atoms with Crippen molar-refractivity contribution in [2.75, 3.05) is 14.2 Å². The molecule has 0 fully saturated rings. The summed E-state index contributed by atoms with van der Waals surface area (Å²) in [7, 11) is 2.99. The Hall–Kier alpha value is -2.66. The summed E-state index contributed by atoms with van der Waals surface area (Å²) in [4.78, 5) is 24.5. The fraction of sp³-hybridized carbons (Fsp3) is 0.222. The van der Waals surface area contributed by atoms with Crippen LogP contribution in [-0.2, 0) is 6.61 Å². The maximum atomic E-state index is 12.3. The van der Waals surface area contributed by atoms with Gasteiger partial charge >= 0.3 is 0 Å².